The Labute approximate surface area is 138 Å². The Hall–Kier alpha value is -0.610. The first-order chi connectivity index (χ1) is 10.6. The molecule has 0 aliphatic carbocycles. The van der Waals surface area contributed by atoms with Crippen LogP contribution in [0.1, 0.15) is 78.1 Å². The minimum absolute atomic E-state index is 0.163. The number of amides is 1. The number of unbranched alkanes of at least 4 members (excludes halogenated alkanes) is 7. The molecule has 0 aliphatic rings. The smallest absolute Gasteiger partial charge is 0.221 e. The van der Waals surface area contributed by atoms with Crippen LogP contribution in [0.5, 0.6) is 0 Å². The first kappa shape index (κ1) is 21.4. The summed E-state index contributed by atoms with van der Waals surface area (Å²) in [6.07, 6.45) is 12.4. The normalized spacial score (nSPS) is 12.6. The molecule has 0 fully saturated rings. The van der Waals surface area contributed by atoms with Crippen molar-refractivity contribution < 1.29 is 4.79 Å². The van der Waals surface area contributed by atoms with Gasteiger partial charge in [0.2, 0.25) is 5.91 Å². The van der Waals surface area contributed by atoms with E-state index < -0.39 is 0 Å². The molecule has 0 rings (SSSR count). The molecule has 1 atom stereocenters. The molecule has 0 bridgehead atoms. The topological polar surface area (TPSA) is 58.4 Å². The highest BCUT2D eigenvalue weighted by Gasteiger charge is 2.08. The monoisotopic (exact) mass is 313 g/mol. The number of nitrogens with zero attached hydrogens (tertiary/aromatic N) is 1. The van der Waals surface area contributed by atoms with Gasteiger partial charge in [0, 0.05) is 32.1 Å². The SMILES string of the molecule is CCCCCCCCCCC(C)NC(=O)CCN(C)CCN. The first-order valence-corrected chi connectivity index (χ1v) is 9.28. The average molecular weight is 314 g/mol. The predicted molar refractivity (Wildman–Crippen MR) is 96.0 cm³/mol. The summed E-state index contributed by atoms with van der Waals surface area (Å²) >= 11 is 0. The van der Waals surface area contributed by atoms with Gasteiger partial charge in [-0.15, -0.1) is 0 Å². The van der Waals surface area contributed by atoms with Crippen molar-refractivity contribution in [3.63, 3.8) is 0 Å². The van der Waals surface area contributed by atoms with E-state index in [1.165, 1.54) is 51.4 Å². The van der Waals surface area contributed by atoms with Crippen molar-refractivity contribution in [2.75, 3.05) is 26.7 Å². The molecule has 4 nitrogen and oxygen atoms in total. The summed E-state index contributed by atoms with van der Waals surface area (Å²) in [6.45, 7) is 6.65. The third-order valence-electron chi connectivity index (χ3n) is 4.13. The van der Waals surface area contributed by atoms with Crippen molar-refractivity contribution in [3.05, 3.63) is 0 Å². The Morgan fingerprint density at radius 1 is 1.05 bits per heavy atom. The first-order valence-electron chi connectivity index (χ1n) is 9.28. The van der Waals surface area contributed by atoms with E-state index in [4.69, 9.17) is 5.73 Å². The van der Waals surface area contributed by atoms with Crippen molar-refractivity contribution in [3.8, 4) is 0 Å². The van der Waals surface area contributed by atoms with E-state index in [0.717, 1.165) is 19.5 Å². The van der Waals surface area contributed by atoms with Gasteiger partial charge < -0.3 is 16.0 Å². The minimum Gasteiger partial charge on any atom is -0.354 e. The second kappa shape index (κ2) is 15.3. The number of carbonyl (C=O) groups excluding carboxylic acids is 1. The predicted octanol–water partition coefficient (Wildman–Crippen LogP) is 3.30. The highest BCUT2D eigenvalue weighted by molar-refractivity contribution is 5.76. The van der Waals surface area contributed by atoms with Gasteiger partial charge in [0.05, 0.1) is 0 Å². The standard InChI is InChI=1S/C18H39N3O/c1-4-5-6-7-8-9-10-11-12-17(2)20-18(22)13-15-21(3)16-14-19/h17H,4-16,19H2,1-3H3,(H,20,22). The molecule has 0 aromatic rings. The fraction of sp³-hybridized carbons (Fsp3) is 0.944. The summed E-state index contributed by atoms with van der Waals surface area (Å²) in [5.74, 6) is 0.163. The Morgan fingerprint density at radius 2 is 1.64 bits per heavy atom. The van der Waals surface area contributed by atoms with Gasteiger partial charge in [0.15, 0.2) is 0 Å². The minimum atomic E-state index is 0.163. The molecular formula is C18H39N3O. The molecule has 132 valence electrons. The summed E-state index contributed by atoms with van der Waals surface area (Å²) < 4.78 is 0. The average Bonchev–Trinajstić information content (AvgIpc) is 2.48. The summed E-state index contributed by atoms with van der Waals surface area (Å²) in [5, 5.41) is 3.10. The van der Waals surface area contributed by atoms with Crippen molar-refractivity contribution in [2.24, 2.45) is 5.73 Å². The molecule has 0 saturated heterocycles. The number of likely N-dealkylation sites (N-methyl/N-ethyl adjacent to an activating group) is 1. The van der Waals surface area contributed by atoms with Gasteiger partial charge in [-0.05, 0) is 20.4 Å². The van der Waals surface area contributed by atoms with Gasteiger partial charge in [0.25, 0.3) is 0 Å². The third kappa shape index (κ3) is 14.3. The Morgan fingerprint density at radius 3 is 2.23 bits per heavy atom. The maximum absolute atomic E-state index is 11.8. The number of carbonyl (C=O) groups is 1. The Bertz CT molecular complexity index is 259. The van der Waals surface area contributed by atoms with E-state index in [0.29, 0.717) is 19.0 Å². The van der Waals surface area contributed by atoms with Gasteiger partial charge in [-0.25, -0.2) is 0 Å². The summed E-state index contributed by atoms with van der Waals surface area (Å²) in [6, 6.07) is 0.299. The van der Waals surface area contributed by atoms with Gasteiger partial charge in [-0.1, -0.05) is 58.3 Å². The fourth-order valence-corrected chi connectivity index (χ4v) is 2.63. The quantitative estimate of drug-likeness (QED) is 0.456. The van der Waals surface area contributed by atoms with E-state index >= 15 is 0 Å². The van der Waals surface area contributed by atoms with Gasteiger partial charge >= 0.3 is 0 Å². The van der Waals surface area contributed by atoms with Crippen LogP contribution in [-0.2, 0) is 4.79 Å². The van der Waals surface area contributed by atoms with Crippen molar-refractivity contribution >= 4 is 5.91 Å². The zero-order valence-corrected chi connectivity index (χ0v) is 15.2. The summed E-state index contributed by atoms with van der Waals surface area (Å²) in [4.78, 5) is 13.9. The van der Waals surface area contributed by atoms with E-state index in [1.807, 2.05) is 7.05 Å². The van der Waals surface area contributed by atoms with E-state index in [1.54, 1.807) is 0 Å². The van der Waals surface area contributed by atoms with E-state index in [2.05, 4.69) is 24.1 Å². The number of nitrogens with one attached hydrogen (secondary N) is 1. The highest BCUT2D eigenvalue weighted by Crippen LogP contribution is 2.10. The molecule has 1 amide bonds. The number of nitrogens with two attached hydrogens (primary N) is 1. The van der Waals surface area contributed by atoms with Crippen LogP contribution in [0.3, 0.4) is 0 Å². The molecule has 3 N–H and O–H groups in total. The van der Waals surface area contributed by atoms with Crippen molar-refractivity contribution in [2.45, 2.75) is 84.1 Å². The summed E-state index contributed by atoms with van der Waals surface area (Å²) in [5.41, 5.74) is 5.49. The van der Waals surface area contributed by atoms with Crippen LogP contribution in [0.2, 0.25) is 0 Å². The molecule has 22 heavy (non-hydrogen) atoms. The molecule has 0 aliphatic heterocycles. The number of hydrogen-bond donors (Lipinski definition) is 2. The lowest BCUT2D eigenvalue weighted by Crippen LogP contribution is -2.35. The van der Waals surface area contributed by atoms with Crippen LogP contribution < -0.4 is 11.1 Å². The lowest BCUT2D eigenvalue weighted by molar-refractivity contribution is -0.122. The number of hydrogen-bond acceptors (Lipinski definition) is 3. The van der Waals surface area contributed by atoms with Gasteiger partial charge in [-0.2, -0.15) is 0 Å². The summed E-state index contributed by atoms with van der Waals surface area (Å²) in [7, 11) is 2.00. The van der Waals surface area contributed by atoms with Crippen molar-refractivity contribution in [1.29, 1.82) is 0 Å². The maximum atomic E-state index is 11.8. The van der Waals surface area contributed by atoms with E-state index in [-0.39, 0.29) is 5.91 Å². The second-order valence-corrected chi connectivity index (χ2v) is 6.57. The maximum Gasteiger partial charge on any atom is 0.221 e. The Kier molecular flexibility index (Phi) is 14.9. The molecule has 0 aromatic heterocycles. The fourth-order valence-electron chi connectivity index (χ4n) is 2.63. The van der Waals surface area contributed by atoms with Crippen LogP contribution in [0.4, 0.5) is 0 Å². The number of rotatable bonds is 15. The zero-order valence-electron chi connectivity index (χ0n) is 15.2. The molecule has 0 saturated carbocycles. The molecule has 4 heteroatoms. The van der Waals surface area contributed by atoms with Crippen molar-refractivity contribution in [1.82, 2.24) is 10.2 Å². The molecule has 1 unspecified atom stereocenters. The van der Waals surface area contributed by atoms with Crippen LogP contribution in [0, 0.1) is 0 Å². The lowest BCUT2D eigenvalue weighted by Gasteiger charge is -2.17. The largest absolute Gasteiger partial charge is 0.354 e. The molecular weight excluding hydrogens is 274 g/mol. The van der Waals surface area contributed by atoms with Crippen LogP contribution in [-0.4, -0.2) is 43.5 Å². The van der Waals surface area contributed by atoms with Crippen LogP contribution in [0.25, 0.3) is 0 Å². The molecule has 0 heterocycles. The lowest BCUT2D eigenvalue weighted by atomic mass is 10.1. The Balaban J connectivity index is 3.44. The van der Waals surface area contributed by atoms with Crippen LogP contribution >= 0.6 is 0 Å². The zero-order chi connectivity index (χ0) is 16.6. The second-order valence-electron chi connectivity index (χ2n) is 6.57. The highest BCUT2D eigenvalue weighted by atomic mass is 16.1. The molecule has 0 aromatic carbocycles. The van der Waals surface area contributed by atoms with Crippen LogP contribution in [0.15, 0.2) is 0 Å². The molecule has 0 radical (unpaired) electrons. The molecule has 0 spiro atoms. The van der Waals surface area contributed by atoms with E-state index in [9.17, 15) is 4.79 Å². The van der Waals surface area contributed by atoms with Gasteiger partial charge in [-0.3, -0.25) is 4.79 Å². The third-order valence-corrected chi connectivity index (χ3v) is 4.13. The van der Waals surface area contributed by atoms with Gasteiger partial charge in [0.1, 0.15) is 0 Å².